The van der Waals surface area contributed by atoms with E-state index < -0.39 is 132 Å². The number of cyclic esters (lactones) is 1. The minimum absolute atomic E-state index is 0.0227. The second kappa shape index (κ2) is 25.8. The lowest BCUT2D eigenvalue weighted by Crippen LogP contribution is -2.64. The monoisotopic (exact) mass is 1030 g/mol. The number of carbonyl (C=O) groups is 3. The summed E-state index contributed by atoms with van der Waals surface area (Å²) in [5.74, 6) is -4.49. The molecule has 7 N–H and O–H groups in total. The van der Waals surface area contributed by atoms with Crippen LogP contribution in [0.5, 0.6) is 11.5 Å². The Bertz CT molecular complexity index is 2100. The number of hydrogen-bond donors (Lipinski definition) is 7. The fourth-order valence-corrected chi connectivity index (χ4v) is 9.45. The first kappa shape index (κ1) is 58.9. The molecule has 1 aromatic carbocycles. The molecule has 3 heterocycles. The number of aliphatic hydroxyl groups is 5. The second-order valence-corrected chi connectivity index (χ2v) is 19.6. The number of rotatable bonds is 12. The summed E-state index contributed by atoms with van der Waals surface area (Å²) in [4.78, 5) is 39.3. The highest BCUT2D eigenvalue weighted by atomic mass is 35.5. The number of phenols is 2. The maximum Gasteiger partial charge on any atom is 0.342 e. The Hall–Kier alpha value is -3.63. The molecule has 0 aliphatic carbocycles. The number of carbonyl (C=O) groups excluding carboxylic acids is 3. The molecule has 2 saturated heterocycles. The molecular formula is C50H72Cl2O18. The fourth-order valence-electron chi connectivity index (χ4n) is 8.89. The van der Waals surface area contributed by atoms with Crippen molar-refractivity contribution in [1.82, 2.24) is 0 Å². The van der Waals surface area contributed by atoms with Gasteiger partial charge in [0.2, 0.25) is 0 Å². The van der Waals surface area contributed by atoms with Crippen LogP contribution in [0.4, 0.5) is 0 Å². The van der Waals surface area contributed by atoms with E-state index in [0.717, 1.165) is 5.57 Å². The van der Waals surface area contributed by atoms with Crippen LogP contribution in [0.15, 0.2) is 47.1 Å². The predicted octanol–water partition coefficient (Wildman–Crippen LogP) is 5.68. The Morgan fingerprint density at radius 2 is 1.61 bits per heavy atom. The summed E-state index contributed by atoms with van der Waals surface area (Å²) in [6.07, 6.45) is -6.19. The molecule has 15 atom stereocenters. The lowest BCUT2D eigenvalue weighted by Gasteiger charge is -2.47. The van der Waals surface area contributed by atoms with Gasteiger partial charge in [-0.2, -0.15) is 0 Å². The predicted molar refractivity (Wildman–Crippen MR) is 256 cm³/mol. The third kappa shape index (κ3) is 14.3. The number of aromatic hydroxyl groups is 2. The largest absolute Gasteiger partial charge is 0.505 e. The molecule has 1 aromatic rings. The second-order valence-electron chi connectivity index (χ2n) is 18.8. The highest BCUT2D eigenvalue weighted by molar-refractivity contribution is 6.39. The minimum Gasteiger partial charge on any atom is -0.505 e. The van der Waals surface area contributed by atoms with Crippen LogP contribution in [0.2, 0.25) is 10.0 Å². The molecule has 394 valence electrons. The molecule has 0 aromatic heterocycles. The average Bonchev–Trinajstić information content (AvgIpc) is 3.29. The smallest absolute Gasteiger partial charge is 0.342 e. The van der Waals surface area contributed by atoms with Crippen LogP contribution in [-0.2, 0) is 53.9 Å². The summed E-state index contributed by atoms with van der Waals surface area (Å²) >= 11 is 12.3. The van der Waals surface area contributed by atoms with Gasteiger partial charge in [-0.25, -0.2) is 9.59 Å². The third-order valence-electron chi connectivity index (χ3n) is 13.0. The summed E-state index contributed by atoms with van der Waals surface area (Å²) in [7, 11) is 1.27. The zero-order valence-corrected chi connectivity index (χ0v) is 43.2. The molecule has 4 rings (SSSR count). The van der Waals surface area contributed by atoms with Gasteiger partial charge in [0.1, 0.15) is 46.7 Å². The number of aliphatic hydroxyl groups excluding tert-OH is 5. The van der Waals surface area contributed by atoms with Crippen molar-refractivity contribution in [3.05, 3.63) is 68.3 Å². The van der Waals surface area contributed by atoms with E-state index in [0.29, 0.717) is 18.4 Å². The molecular weight excluding hydrogens is 959 g/mol. The molecule has 0 saturated carbocycles. The SMILES string of the molecule is CCc1c(Cl)c(O)c(Cl)c(O)c1C(=O)OC1C(C)OC(OC/C2=C\C=C\CC(O)C(C)CC(CC)C(OC3OC(C)(C)C(OC(C)=O)C(O)C3O)/C(C)=C/C(C)=C/CC(C(C)O)OC2=O)C(OC)C1O. The minimum atomic E-state index is -1.58. The number of ether oxygens (including phenoxy) is 8. The van der Waals surface area contributed by atoms with Crippen LogP contribution in [0, 0.1) is 11.8 Å². The van der Waals surface area contributed by atoms with Crippen molar-refractivity contribution in [2.24, 2.45) is 11.8 Å². The number of esters is 3. The first-order chi connectivity index (χ1) is 32.8. The molecule has 0 radical (unpaired) electrons. The third-order valence-corrected chi connectivity index (χ3v) is 13.8. The number of phenolic OH excluding ortho intramolecular Hbond substituents is 2. The van der Waals surface area contributed by atoms with Crippen molar-refractivity contribution in [1.29, 1.82) is 0 Å². The van der Waals surface area contributed by atoms with Crippen LogP contribution in [-0.4, -0.2) is 153 Å². The van der Waals surface area contributed by atoms with Crippen LogP contribution < -0.4 is 0 Å². The Kier molecular flexibility index (Phi) is 21.8. The summed E-state index contributed by atoms with van der Waals surface area (Å²) in [6, 6.07) is 0. The van der Waals surface area contributed by atoms with Crippen LogP contribution in [0.25, 0.3) is 0 Å². The summed E-state index contributed by atoms with van der Waals surface area (Å²) in [5, 5.41) is 76.2. The molecule has 18 nitrogen and oxygen atoms in total. The van der Waals surface area contributed by atoms with E-state index in [2.05, 4.69) is 0 Å². The lowest BCUT2D eigenvalue weighted by atomic mass is 9.82. The van der Waals surface area contributed by atoms with E-state index in [1.807, 2.05) is 33.8 Å². The summed E-state index contributed by atoms with van der Waals surface area (Å²) < 4.78 is 47.2. The maximum absolute atomic E-state index is 13.9. The number of benzene rings is 1. The topological polar surface area (TPSA) is 267 Å². The highest BCUT2D eigenvalue weighted by Gasteiger charge is 2.53. The normalized spacial score (nSPS) is 35.8. The van der Waals surface area contributed by atoms with E-state index in [9.17, 15) is 50.1 Å². The van der Waals surface area contributed by atoms with E-state index in [1.165, 1.54) is 34.0 Å². The average molecular weight is 1030 g/mol. The van der Waals surface area contributed by atoms with E-state index in [4.69, 9.17) is 61.1 Å². The summed E-state index contributed by atoms with van der Waals surface area (Å²) in [5.41, 5.74) is -0.160. The molecule has 20 heteroatoms. The van der Waals surface area contributed by atoms with Crippen molar-refractivity contribution < 1.29 is 88.0 Å². The van der Waals surface area contributed by atoms with Crippen LogP contribution in [0.1, 0.15) is 111 Å². The van der Waals surface area contributed by atoms with E-state index in [-0.39, 0.29) is 47.3 Å². The van der Waals surface area contributed by atoms with E-state index in [1.54, 1.807) is 39.0 Å². The lowest BCUT2D eigenvalue weighted by molar-refractivity contribution is -0.334. The number of methoxy groups -OCH3 is 1. The van der Waals surface area contributed by atoms with Gasteiger partial charge < -0.3 is 73.6 Å². The maximum atomic E-state index is 13.9. The van der Waals surface area contributed by atoms with Gasteiger partial charge in [0.25, 0.3) is 0 Å². The molecule has 15 unspecified atom stereocenters. The summed E-state index contributed by atoms with van der Waals surface area (Å²) in [6.45, 7) is 16.2. The molecule has 2 fully saturated rings. The van der Waals surface area contributed by atoms with Crippen molar-refractivity contribution in [2.75, 3.05) is 13.7 Å². The van der Waals surface area contributed by atoms with E-state index >= 15 is 0 Å². The van der Waals surface area contributed by atoms with Gasteiger partial charge in [0, 0.05) is 20.5 Å². The van der Waals surface area contributed by atoms with Crippen molar-refractivity contribution in [3.8, 4) is 11.5 Å². The standard InChI is InChI=1S/C50H72Cl2O18/c1-12-29-21-24(4)32(55)17-15-14-16-30(22-64-49-44(63-11)41(60)43(27(7)65-49)68-47(62)34-31(13-2)35(51)38(57)36(52)37(34)56)46(61)67-33(26(6)53)19-18-23(3)20-25(5)42(29)69-48-40(59)39(58)45(66-28(8)54)50(9,10)70-48/h14-16,18,20,24,26-27,29,32-33,39-45,48-49,53,55-60H,12-13,17,19,21-22H2,1-11H3/b15-14+,23-18+,25-20+,30-16+. The molecule has 70 heavy (non-hydrogen) atoms. The number of allylic oxidation sites excluding steroid dienone is 4. The van der Waals surface area contributed by atoms with Crippen molar-refractivity contribution >= 4 is 41.1 Å². The Morgan fingerprint density at radius 3 is 2.21 bits per heavy atom. The van der Waals surface area contributed by atoms with Crippen molar-refractivity contribution in [3.63, 3.8) is 0 Å². The first-order valence-electron chi connectivity index (χ1n) is 23.5. The van der Waals surface area contributed by atoms with Gasteiger partial charge in [0.15, 0.2) is 36.3 Å². The van der Waals surface area contributed by atoms with Gasteiger partial charge in [-0.3, -0.25) is 4.79 Å². The van der Waals surface area contributed by atoms with Gasteiger partial charge in [-0.05, 0) is 89.9 Å². The molecule has 0 amide bonds. The quantitative estimate of drug-likeness (QED) is 0.0981. The number of hydrogen-bond acceptors (Lipinski definition) is 18. The molecule has 3 aliphatic rings. The zero-order chi connectivity index (χ0) is 52.5. The zero-order valence-electron chi connectivity index (χ0n) is 41.7. The van der Waals surface area contributed by atoms with Crippen molar-refractivity contribution in [2.45, 2.75) is 187 Å². The highest BCUT2D eigenvalue weighted by Crippen LogP contribution is 2.45. The Balaban J connectivity index is 1.58. The fraction of sp³-hybridized carbons (Fsp3) is 0.660. The van der Waals surface area contributed by atoms with Gasteiger partial charge in [0.05, 0.1) is 41.6 Å². The van der Waals surface area contributed by atoms with Gasteiger partial charge in [-0.15, -0.1) is 0 Å². The molecule has 0 spiro atoms. The molecule has 0 bridgehead atoms. The van der Waals surface area contributed by atoms with Gasteiger partial charge in [-0.1, -0.05) is 80.3 Å². The Labute approximate surface area is 419 Å². The Morgan fingerprint density at radius 1 is 0.943 bits per heavy atom. The number of halogens is 2. The van der Waals surface area contributed by atoms with Crippen LogP contribution in [0.3, 0.4) is 0 Å². The first-order valence-corrected chi connectivity index (χ1v) is 24.3. The van der Waals surface area contributed by atoms with Gasteiger partial charge >= 0.3 is 17.9 Å². The van der Waals surface area contributed by atoms with Crippen LogP contribution >= 0.6 is 23.2 Å². The molecule has 3 aliphatic heterocycles.